The van der Waals surface area contributed by atoms with Crippen molar-refractivity contribution in [2.24, 2.45) is 5.92 Å². The summed E-state index contributed by atoms with van der Waals surface area (Å²) in [5, 5.41) is 3.01. The lowest BCUT2D eigenvalue weighted by Gasteiger charge is -2.28. The van der Waals surface area contributed by atoms with Crippen LogP contribution in [-0.2, 0) is 14.6 Å². The summed E-state index contributed by atoms with van der Waals surface area (Å²) in [6.07, 6.45) is 4.63. The monoisotopic (exact) mass is 338 g/mol. The van der Waals surface area contributed by atoms with Crippen molar-refractivity contribution in [3.8, 4) is 0 Å². The van der Waals surface area contributed by atoms with Crippen molar-refractivity contribution in [3.05, 3.63) is 24.2 Å². The standard InChI is InChI=1S/C16H22N2O4S/c19-16(12-8-11(12)15-4-3-7-22-15)17-13-9-23(20,21)10-14(13)18-5-1-2-6-18/h3-4,7,11-14H,1-2,5-6,8-10H2,(H,17,19)/t11-,12+,13+,14-/m0/s1. The van der Waals surface area contributed by atoms with Crippen LogP contribution in [-0.4, -0.2) is 55.9 Å². The van der Waals surface area contributed by atoms with Crippen LogP contribution in [0.15, 0.2) is 22.8 Å². The van der Waals surface area contributed by atoms with Gasteiger partial charge in [0.1, 0.15) is 5.76 Å². The Morgan fingerprint density at radius 2 is 2.04 bits per heavy atom. The molecule has 0 unspecified atom stereocenters. The molecule has 1 N–H and O–H groups in total. The minimum atomic E-state index is -3.06. The molecule has 0 aromatic carbocycles. The molecule has 0 spiro atoms. The summed E-state index contributed by atoms with van der Waals surface area (Å²) in [6.45, 7) is 1.87. The van der Waals surface area contributed by atoms with Gasteiger partial charge < -0.3 is 9.73 Å². The van der Waals surface area contributed by atoms with E-state index in [-0.39, 0.29) is 41.3 Å². The highest BCUT2D eigenvalue weighted by Gasteiger charge is 2.48. The molecule has 3 fully saturated rings. The van der Waals surface area contributed by atoms with Crippen LogP contribution in [0.3, 0.4) is 0 Å². The zero-order chi connectivity index (χ0) is 16.0. The summed E-state index contributed by atoms with van der Waals surface area (Å²) in [4.78, 5) is 14.7. The number of carbonyl (C=O) groups excluding carboxylic acids is 1. The van der Waals surface area contributed by atoms with Crippen molar-refractivity contribution in [2.75, 3.05) is 24.6 Å². The zero-order valence-corrected chi connectivity index (χ0v) is 13.8. The van der Waals surface area contributed by atoms with Gasteiger partial charge in [-0.25, -0.2) is 8.42 Å². The molecule has 2 aliphatic heterocycles. The highest BCUT2D eigenvalue weighted by atomic mass is 32.2. The number of furan rings is 1. The molecular weight excluding hydrogens is 316 g/mol. The maximum atomic E-state index is 12.5. The van der Waals surface area contributed by atoms with Gasteiger partial charge in [-0.05, 0) is 44.5 Å². The number of likely N-dealkylation sites (tertiary alicyclic amines) is 1. The third-order valence-corrected chi connectivity index (χ3v) is 7.01. The lowest BCUT2D eigenvalue weighted by Crippen LogP contribution is -2.50. The van der Waals surface area contributed by atoms with E-state index in [1.54, 1.807) is 6.26 Å². The Kier molecular flexibility index (Phi) is 3.72. The molecular formula is C16H22N2O4S. The number of carbonyl (C=O) groups is 1. The molecule has 3 aliphatic rings. The second-order valence-corrected chi connectivity index (χ2v) is 9.12. The molecule has 1 amide bonds. The van der Waals surface area contributed by atoms with Gasteiger partial charge in [0, 0.05) is 17.9 Å². The van der Waals surface area contributed by atoms with Crippen LogP contribution in [0.2, 0.25) is 0 Å². The van der Waals surface area contributed by atoms with Crippen LogP contribution >= 0.6 is 0 Å². The number of rotatable bonds is 4. The average molecular weight is 338 g/mol. The van der Waals surface area contributed by atoms with Gasteiger partial charge in [-0.15, -0.1) is 0 Å². The predicted octanol–water partition coefficient (Wildman–Crippen LogP) is 0.761. The minimum absolute atomic E-state index is 0.0299. The summed E-state index contributed by atoms with van der Waals surface area (Å²) in [7, 11) is -3.06. The fourth-order valence-corrected chi connectivity index (χ4v) is 5.94. The van der Waals surface area contributed by atoms with E-state index in [2.05, 4.69) is 10.2 Å². The zero-order valence-electron chi connectivity index (χ0n) is 13.0. The molecule has 23 heavy (non-hydrogen) atoms. The van der Waals surface area contributed by atoms with E-state index in [1.165, 1.54) is 0 Å². The van der Waals surface area contributed by atoms with Gasteiger partial charge in [0.2, 0.25) is 5.91 Å². The van der Waals surface area contributed by atoms with Crippen molar-refractivity contribution < 1.29 is 17.6 Å². The van der Waals surface area contributed by atoms with Gasteiger partial charge in [0.05, 0.1) is 23.8 Å². The quantitative estimate of drug-likeness (QED) is 0.877. The minimum Gasteiger partial charge on any atom is -0.469 e. The molecule has 0 radical (unpaired) electrons. The molecule has 1 aliphatic carbocycles. The maximum absolute atomic E-state index is 12.5. The largest absolute Gasteiger partial charge is 0.469 e. The first kappa shape index (κ1) is 15.2. The first-order chi connectivity index (χ1) is 11.0. The summed E-state index contributed by atoms with van der Waals surface area (Å²) in [5.74, 6) is 1.12. The number of nitrogens with zero attached hydrogens (tertiary/aromatic N) is 1. The molecule has 4 atom stereocenters. The van der Waals surface area contributed by atoms with Crippen molar-refractivity contribution in [2.45, 2.75) is 37.3 Å². The predicted molar refractivity (Wildman–Crippen MR) is 84.7 cm³/mol. The SMILES string of the molecule is O=C(N[C@@H]1CS(=O)(=O)C[C@@H]1N1CCCC1)[C@@H]1C[C@@H]1c1ccco1. The number of sulfone groups is 1. The topological polar surface area (TPSA) is 79.6 Å². The Balaban J connectivity index is 1.41. The molecule has 7 heteroatoms. The van der Waals surface area contributed by atoms with Gasteiger partial charge >= 0.3 is 0 Å². The molecule has 3 heterocycles. The third-order valence-electron chi connectivity index (χ3n) is 5.30. The first-order valence-electron chi connectivity index (χ1n) is 8.32. The molecule has 4 rings (SSSR count). The summed E-state index contributed by atoms with van der Waals surface area (Å²) in [5.41, 5.74) is 0. The van der Waals surface area contributed by atoms with Crippen molar-refractivity contribution in [1.29, 1.82) is 0 Å². The molecule has 1 aromatic rings. The first-order valence-corrected chi connectivity index (χ1v) is 10.1. The number of nitrogens with one attached hydrogen (secondary N) is 1. The van der Waals surface area contributed by atoms with E-state index in [1.807, 2.05) is 12.1 Å². The lowest BCUT2D eigenvalue weighted by molar-refractivity contribution is -0.123. The second kappa shape index (κ2) is 5.63. The molecule has 0 bridgehead atoms. The van der Waals surface area contributed by atoms with Crippen LogP contribution < -0.4 is 5.32 Å². The highest BCUT2D eigenvalue weighted by molar-refractivity contribution is 7.91. The lowest BCUT2D eigenvalue weighted by atomic mass is 10.1. The second-order valence-electron chi connectivity index (χ2n) is 6.97. The number of amides is 1. The molecule has 1 aromatic heterocycles. The van der Waals surface area contributed by atoms with Crippen LogP contribution in [0.25, 0.3) is 0 Å². The number of hydrogen-bond acceptors (Lipinski definition) is 5. The van der Waals surface area contributed by atoms with Crippen LogP contribution in [0.4, 0.5) is 0 Å². The molecule has 2 saturated heterocycles. The van der Waals surface area contributed by atoms with E-state index in [4.69, 9.17) is 4.42 Å². The van der Waals surface area contributed by atoms with Gasteiger partial charge in [-0.1, -0.05) is 0 Å². The molecule has 1 saturated carbocycles. The van der Waals surface area contributed by atoms with Crippen LogP contribution in [0.5, 0.6) is 0 Å². The molecule has 126 valence electrons. The average Bonchev–Trinajstić information content (AvgIpc) is 2.90. The van der Waals surface area contributed by atoms with E-state index in [0.29, 0.717) is 0 Å². The van der Waals surface area contributed by atoms with E-state index in [9.17, 15) is 13.2 Å². The van der Waals surface area contributed by atoms with Crippen LogP contribution in [0, 0.1) is 5.92 Å². The van der Waals surface area contributed by atoms with Gasteiger partial charge in [0.15, 0.2) is 9.84 Å². The van der Waals surface area contributed by atoms with E-state index < -0.39 is 9.84 Å². The Morgan fingerprint density at radius 1 is 1.26 bits per heavy atom. The highest BCUT2D eigenvalue weighted by Crippen LogP contribution is 2.47. The van der Waals surface area contributed by atoms with Gasteiger partial charge in [0.25, 0.3) is 0 Å². The van der Waals surface area contributed by atoms with Gasteiger partial charge in [-0.3, -0.25) is 9.69 Å². The van der Waals surface area contributed by atoms with Crippen molar-refractivity contribution in [3.63, 3.8) is 0 Å². The van der Waals surface area contributed by atoms with Crippen molar-refractivity contribution in [1.82, 2.24) is 10.2 Å². The Hall–Kier alpha value is -1.34. The fourth-order valence-electron chi connectivity index (χ4n) is 3.99. The number of hydrogen-bond donors (Lipinski definition) is 1. The van der Waals surface area contributed by atoms with E-state index >= 15 is 0 Å². The van der Waals surface area contributed by atoms with E-state index in [0.717, 1.165) is 38.1 Å². The Morgan fingerprint density at radius 3 is 2.74 bits per heavy atom. The molecule has 6 nitrogen and oxygen atoms in total. The third kappa shape index (κ3) is 3.04. The van der Waals surface area contributed by atoms with Crippen LogP contribution in [0.1, 0.15) is 30.9 Å². The smallest absolute Gasteiger partial charge is 0.224 e. The fraction of sp³-hybridized carbons (Fsp3) is 0.688. The Bertz CT molecular complexity index is 679. The Labute approximate surface area is 136 Å². The maximum Gasteiger partial charge on any atom is 0.224 e. The summed E-state index contributed by atoms with van der Waals surface area (Å²) in [6, 6.07) is 3.39. The van der Waals surface area contributed by atoms with Gasteiger partial charge in [-0.2, -0.15) is 0 Å². The normalized spacial score (nSPS) is 36.2. The summed E-state index contributed by atoms with van der Waals surface area (Å²) >= 11 is 0. The summed E-state index contributed by atoms with van der Waals surface area (Å²) < 4.78 is 29.4. The van der Waals surface area contributed by atoms with Crippen molar-refractivity contribution >= 4 is 15.7 Å².